The first kappa shape index (κ1) is 26.9. The van der Waals surface area contributed by atoms with Crippen molar-refractivity contribution in [3.63, 3.8) is 0 Å². The van der Waals surface area contributed by atoms with E-state index in [-0.39, 0.29) is 39.4 Å². The lowest BCUT2D eigenvalue weighted by molar-refractivity contribution is -0.156. The first-order valence-electron chi connectivity index (χ1n) is 11.7. The molecule has 1 aliphatic heterocycles. The Bertz CT molecular complexity index is 1200. The molecule has 6 nitrogen and oxygen atoms in total. The van der Waals surface area contributed by atoms with Crippen LogP contribution in [0.4, 0.5) is 0 Å². The molecule has 4 atom stereocenters. The van der Waals surface area contributed by atoms with Gasteiger partial charge in [-0.2, -0.15) is 5.01 Å². The molecule has 3 amide bonds. The van der Waals surface area contributed by atoms with Gasteiger partial charge < -0.3 is 0 Å². The number of hydrogen-bond donors (Lipinski definition) is 0. The number of ketones is 1. The Morgan fingerprint density at radius 3 is 2.22 bits per heavy atom. The van der Waals surface area contributed by atoms with Crippen molar-refractivity contribution in [2.75, 3.05) is 5.88 Å². The molecule has 2 aliphatic rings. The van der Waals surface area contributed by atoms with Crippen LogP contribution >= 0.6 is 46.4 Å². The molecule has 1 saturated carbocycles. The number of benzene rings is 2. The van der Waals surface area contributed by atoms with Gasteiger partial charge in [0.05, 0.1) is 21.9 Å². The number of hydrazine groups is 1. The molecule has 1 heterocycles. The number of alkyl halides is 1. The molecule has 0 N–H and O–H groups in total. The molecule has 2 fully saturated rings. The van der Waals surface area contributed by atoms with Gasteiger partial charge in [-0.15, -0.1) is 11.6 Å². The predicted molar refractivity (Wildman–Crippen MR) is 139 cm³/mol. The number of carbonyl (C=O) groups excluding carboxylic acids is 4. The Balaban J connectivity index is 1.81. The third-order valence-corrected chi connectivity index (χ3v) is 8.07. The third-order valence-electron chi connectivity index (χ3n) is 6.86. The van der Waals surface area contributed by atoms with Crippen LogP contribution in [0.2, 0.25) is 15.1 Å². The Hall–Kier alpha value is -2.12. The van der Waals surface area contributed by atoms with Gasteiger partial charge in [-0.25, -0.2) is 5.01 Å². The molecule has 10 heteroatoms. The van der Waals surface area contributed by atoms with E-state index in [1.807, 2.05) is 6.92 Å². The van der Waals surface area contributed by atoms with E-state index < -0.39 is 41.4 Å². The zero-order chi connectivity index (χ0) is 26.1. The fraction of sp³-hybridized carbons (Fsp3) is 0.385. The number of nitrogens with zero attached hydrogens (tertiary/aromatic N) is 2. The lowest BCUT2D eigenvalue weighted by Gasteiger charge is -2.36. The second-order valence-electron chi connectivity index (χ2n) is 9.26. The molecule has 0 radical (unpaired) electrons. The van der Waals surface area contributed by atoms with Crippen LogP contribution in [0, 0.1) is 17.8 Å². The van der Waals surface area contributed by atoms with Crippen molar-refractivity contribution in [3.8, 4) is 0 Å². The number of halogens is 4. The van der Waals surface area contributed by atoms with Gasteiger partial charge in [0, 0.05) is 22.0 Å². The van der Waals surface area contributed by atoms with Crippen LogP contribution in [0.1, 0.15) is 53.3 Å². The molecule has 1 saturated heterocycles. The lowest BCUT2D eigenvalue weighted by atomic mass is 9.76. The second-order valence-corrected chi connectivity index (χ2v) is 10.9. The van der Waals surface area contributed by atoms with Crippen molar-refractivity contribution in [1.29, 1.82) is 0 Å². The highest BCUT2D eigenvalue weighted by Gasteiger charge is 2.54. The maximum absolute atomic E-state index is 13.9. The molecule has 2 aromatic rings. The van der Waals surface area contributed by atoms with E-state index in [4.69, 9.17) is 46.4 Å². The quantitative estimate of drug-likeness (QED) is 0.222. The number of hydrogen-bond acceptors (Lipinski definition) is 4. The third kappa shape index (κ3) is 5.14. The highest BCUT2D eigenvalue weighted by molar-refractivity contribution is 6.42. The summed E-state index contributed by atoms with van der Waals surface area (Å²) in [6, 6.07) is 9.20. The largest absolute Gasteiger partial charge is 0.292 e. The first-order valence-corrected chi connectivity index (χ1v) is 13.3. The summed E-state index contributed by atoms with van der Waals surface area (Å²) in [5, 5.41) is 2.66. The number of rotatable bonds is 7. The topological polar surface area (TPSA) is 74.8 Å². The summed E-state index contributed by atoms with van der Waals surface area (Å²) in [6.07, 6.45) is 1.92. The predicted octanol–water partition coefficient (Wildman–Crippen LogP) is 6.31. The van der Waals surface area contributed by atoms with E-state index in [0.29, 0.717) is 17.9 Å². The summed E-state index contributed by atoms with van der Waals surface area (Å²) in [6.45, 7) is 2.04. The van der Waals surface area contributed by atoms with Crippen molar-refractivity contribution in [2.45, 2.75) is 38.6 Å². The van der Waals surface area contributed by atoms with Crippen molar-refractivity contribution >= 4 is 69.9 Å². The molecule has 190 valence electrons. The summed E-state index contributed by atoms with van der Waals surface area (Å²) in [7, 11) is 0. The van der Waals surface area contributed by atoms with Crippen molar-refractivity contribution in [2.24, 2.45) is 17.8 Å². The molecule has 36 heavy (non-hydrogen) atoms. The SMILES string of the molecule is C[C@@H]1CC[C@@H]2C(=O)N(N(C(=O)c3ccc(Cl)c(Cl)c3)[C@@H](CCCl)C(=O)c3ccc(Cl)cc3)C(=O)[C@@H]2C1. The summed E-state index contributed by atoms with van der Waals surface area (Å²) in [4.78, 5) is 54.8. The van der Waals surface area contributed by atoms with E-state index in [9.17, 15) is 19.2 Å². The minimum atomic E-state index is -1.21. The summed E-state index contributed by atoms with van der Waals surface area (Å²) >= 11 is 24.3. The Morgan fingerprint density at radius 1 is 0.944 bits per heavy atom. The maximum Gasteiger partial charge on any atom is 0.273 e. The van der Waals surface area contributed by atoms with Crippen molar-refractivity contribution in [1.82, 2.24) is 10.0 Å². The van der Waals surface area contributed by atoms with E-state index in [1.54, 1.807) is 12.1 Å². The van der Waals surface area contributed by atoms with Crippen LogP contribution in [0.3, 0.4) is 0 Å². The van der Waals surface area contributed by atoms with Crippen LogP contribution in [-0.2, 0) is 9.59 Å². The minimum Gasteiger partial charge on any atom is -0.292 e. The first-order chi connectivity index (χ1) is 17.1. The highest BCUT2D eigenvalue weighted by Crippen LogP contribution is 2.42. The zero-order valence-electron chi connectivity index (χ0n) is 19.4. The molecule has 0 aromatic heterocycles. The normalized spacial score (nSPS) is 22.4. The van der Waals surface area contributed by atoms with Gasteiger partial charge in [-0.1, -0.05) is 41.7 Å². The van der Waals surface area contributed by atoms with Gasteiger partial charge in [-0.3, -0.25) is 19.2 Å². The second kappa shape index (κ2) is 11.1. The summed E-state index contributed by atoms with van der Waals surface area (Å²) in [5.41, 5.74) is 0.350. The van der Waals surface area contributed by atoms with E-state index in [2.05, 4.69) is 0 Å². The van der Waals surface area contributed by atoms with E-state index >= 15 is 0 Å². The number of amides is 3. The zero-order valence-corrected chi connectivity index (χ0v) is 22.4. The standard InChI is InChI=1S/C26H24Cl4N2O4/c1-14-2-8-18-19(12-14)26(36)32(25(18)35)31(24(34)16-5-9-20(29)21(30)13-16)22(10-11-27)23(33)15-3-6-17(28)7-4-15/h3-7,9,13-14,18-19,22H,2,8,10-12H2,1H3/t14-,18+,19-,22+/m1/s1. The van der Waals surface area contributed by atoms with Crippen molar-refractivity contribution < 1.29 is 19.2 Å². The van der Waals surface area contributed by atoms with Crippen LogP contribution in [0.15, 0.2) is 42.5 Å². The molecular formula is C26H24Cl4N2O4. The van der Waals surface area contributed by atoms with Gasteiger partial charge >= 0.3 is 0 Å². The monoisotopic (exact) mass is 568 g/mol. The number of Topliss-reactive ketones (excluding diaryl/α,β-unsaturated/α-hetero) is 1. The van der Waals surface area contributed by atoms with Gasteiger partial charge in [0.1, 0.15) is 6.04 Å². The Labute approximate surface area is 229 Å². The average molecular weight is 570 g/mol. The van der Waals surface area contributed by atoms with Crippen LogP contribution < -0.4 is 0 Å². The Morgan fingerprint density at radius 2 is 1.58 bits per heavy atom. The maximum atomic E-state index is 13.9. The number of carbonyl (C=O) groups is 4. The van der Waals surface area contributed by atoms with Gasteiger partial charge in [-0.05, 0) is 74.1 Å². The molecular weight excluding hydrogens is 546 g/mol. The molecule has 2 aromatic carbocycles. The summed E-state index contributed by atoms with van der Waals surface area (Å²) < 4.78 is 0. The molecule has 0 bridgehead atoms. The number of imide groups is 1. The van der Waals surface area contributed by atoms with Crippen LogP contribution in [0.5, 0.6) is 0 Å². The van der Waals surface area contributed by atoms with Gasteiger partial charge in [0.2, 0.25) is 0 Å². The Kier molecular flexibility index (Phi) is 8.30. The highest BCUT2D eigenvalue weighted by atomic mass is 35.5. The number of fused-ring (bicyclic) bond motifs is 1. The molecule has 4 rings (SSSR count). The molecule has 1 aliphatic carbocycles. The van der Waals surface area contributed by atoms with Gasteiger partial charge in [0.15, 0.2) is 5.78 Å². The summed E-state index contributed by atoms with van der Waals surface area (Å²) in [5.74, 6) is -2.93. The fourth-order valence-electron chi connectivity index (χ4n) is 4.99. The average Bonchev–Trinajstić information content (AvgIpc) is 3.09. The lowest BCUT2D eigenvalue weighted by Crippen LogP contribution is -2.57. The van der Waals surface area contributed by atoms with E-state index in [1.165, 1.54) is 30.3 Å². The van der Waals surface area contributed by atoms with Gasteiger partial charge in [0.25, 0.3) is 17.7 Å². The minimum absolute atomic E-state index is 0.00919. The fourth-order valence-corrected chi connectivity index (χ4v) is 5.62. The van der Waals surface area contributed by atoms with E-state index in [0.717, 1.165) is 16.4 Å². The van der Waals surface area contributed by atoms with Crippen molar-refractivity contribution in [3.05, 3.63) is 68.7 Å². The smallest absolute Gasteiger partial charge is 0.273 e. The van der Waals surface area contributed by atoms with Crippen LogP contribution in [0.25, 0.3) is 0 Å². The molecule has 0 spiro atoms. The van der Waals surface area contributed by atoms with Crippen LogP contribution in [-0.4, -0.2) is 45.4 Å². The molecule has 0 unspecified atom stereocenters.